The monoisotopic (exact) mass is 359 g/mol. The van der Waals surface area contributed by atoms with Crippen molar-refractivity contribution in [2.45, 2.75) is 63.4 Å². The van der Waals surface area contributed by atoms with Gasteiger partial charge in [-0.1, -0.05) is 24.3 Å². The zero-order valence-corrected chi connectivity index (χ0v) is 16.2. The first-order chi connectivity index (χ1) is 12.2. The molecule has 0 N–H and O–H groups in total. The number of esters is 1. The maximum absolute atomic E-state index is 12.4. The van der Waals surface area contributed by atoms with Crippen molar-refractivity contribution in [1.82, 2.24) is 4.90 Å². The summed E-state index contributed by atoms with van der Waals surface area (Å²) in [6.07, 6.45) is 2.95. The standard InChI is InChI=1S/C21H29NO4/c1-20(2,3)26-19(24)22-11-9-21(10-12-22)14-15(13-18(23)25-4)16-7-5-6-8-17(16)21/h5-8,15H,9-14H2,1-4H3. The van der Waals surface area contributed by atoms with Crippen LogP contribution in [0.3, 0.4) is 0 Å². The molecule has 5 heteroatoms. The van der Waals surface area contributed by atoms with E-state index < -0.39 is 5.60 Å². The Hall–Kier alpha value is -2.04. The molecule has 0 saturated carbocycles. The molecule has 5 nitrogen and oxygen atoms in total. The fourth-order valence-electron chi connectivity index (χ4n) is 4.41. The molecular weight excluding hydrogens is 330 g/mol. The van der Waals surface area contributed by atoms with Crippen LogP contribution < -0.4 is 0 Å². The van der Waals surface area contributed by atoms with Crippen molar-refractivity contribution < 1.29 is 19.1 Å². The summed E-state index contributed by atoms with van der Waals surface area (Å²) in [7, 11) is 1.44. The van der Waals surface area contributed by atoms with E-state index in [-0.39, 0.29) is 23.4 Å². The number of hydrogen-bond acceptors (Lipinski definition) is 4. The molecule has 0 radical (unpaired) electrons. The molecule has 1 fully saturated rings. The highest BCUT2D eigenvalue weighted by Crippen LogP contribution is 2.52. The summed E-state index contributed by atoms with van der Waals surface area (Å²) < 4.78 is 10.4. The molecule has 26 heavy (non-hydrogen) atoms. The van der Waals surface area contributed by atoms with Crippen molar-refractivity contribution in [2.24, 2.45) is 0 Å². The van der Waals surface area contributed by atoms with E-state index in [9.17, 15) is 9.59 Å². The van der Waals surface area contributed by atoms with Crippen LogP contribution in [0, 0.1) is 0 Å². The number of hydrogen-bond donors (Lipinski definition) is 0. The van der Waals surface area contributed by atoms with Crippen LogP contribution in [-0.2, 0) is 19.7 Å². The predicted molar refractivity (Wildman–Crippen MR) is 99.2 cm³/mol. The van der Waals surface area contributed by atoms with Gasteiger partial charge < -0.3 is 14.4 Å². The van der Waals surface area contributed by atoms with E-state index in [1.807, 2.05) is 31.7 Å². The minimum atomic E-state index is -0.474. The van der Waals surface area contributed by atoms with Crippen molar-refractivity contribution in [3.05, 3.63) is 35.4 Å². The molecule has 1 aromatic carbocycles. The lowest BCUT2D eigenvalue weighted by Crippen LogP contribution is -2.46. The van der Waals surface area contributed by atoms with Gasteiger partial charge in [-0.25, -0.2) is 4.79 Å². The number of nitrogens with zero attached hydrogens (tertiary/aromatic N) is 1. The highest BCUT2D eigenvalue weighted by Gasteiger charge is 2.46. The van der Waals surface area contributed by atoms with Gasteiger partial charge in [-0.05, 0) is 62.5 Å². The Balaban J connectivity index is 1.74. The molecule has 1 spiro atoms. The second-order valence-electron chi connectivity index (χ2n) is 8.52. The molecule has 1 heterocycles. The van der Waals surface area contributed by atoms with Gasteiger partial charge in [-0.2, -0.15) is 0 Å². The fraction of sp³-hybridized carbons (Fsp3) is 0.619. The van der Waals surface area contributed by atoms with Crippen LogP contribution in [0.1, 0.15) is 63.5 Å². The van der Waals surface area contributed by atoms with Crippen LogP contribution >= 0.6 is 0 Å². The molecular formula is C21H29NO4. The second kappa shape index (κ2) is 6.93. The van der Waals surface area contributed by atoms with E-state index in [0.717, 1.165) is 19.3 Å². The van der Waals surface area contributed by atoms with Gasteiger partial charge in [0, 0.05) is 13.1 Å². The third kappa shape index (κ3) is 3.71. The molecule has 1 aliphatic carbocycles. The molecule has 1 unspecified atom stereocenters. The zero-order valence-electron chi connectivity index (χ0n) is 16.2. The lowest BCUT2D eigenvalue weighted by molar-refractivity contribution is -0.141. The maximum atomic E-state index is 12.4. The summed E-state index contributed by atoms with van der Waals surface area (Å²) in [6.45, 7) is 7.05. The largest absolute Gasteiger partial charge is 0.469 e. The van der Waals surface area contributed by atoms with E-state index in [2.05, 4.69) is 18.2 Å². The van der Waals surface area contributed by atoms with Gasteiger partial charge in [0.25, 0.3) is 0 Å². The van der Waals surface area contributed by atoms with Crippen LogP contribution in [0.2, 0.25) is 0 Å². The van der Waals surface area contributed by atoms with Crippen LogP contribution in [0.5, 0.6) is 0 Å². The van der Waals surface area contributed by atoms with Crippen molar-refractivity contribution in [1.29, 1.82) is 0 Å². The van der Waals surface area contributed by atoms with Crippen LogP contribution in [0.25, 0.3) is 0 Å². The Morgan fingerprint density at radius 3 is 2.46 bits per heavy atom. The second-order valence-corrected chi connectivity index (χ2v) is 8.52. The average Bonchev–Trinajstić information content (AvgIpc) is 2.88. The Morgan fingerprint density at radius 1 is 1.19 bits per heavy atom. The summed E-state index contributed by atoms with van der Waals surface area (Å²) in [6, 6.07) is 8.44. The molecule has 3 rings (SSSR count). The van der Waals surface area contributed by atoms with Crippen LogP contribution in [-0.4, -0.2) is 42.8 Å². The molecule has 1 saturated heterocycles. The summed E-state index contributed by atoms with van der Waals surface area (Å²) in [5, 5.41) is 0. The number of amides is 1. The third-order valence-electron chi connectivity index (χ3n) is 5.62. The zero-order chi connectivity index (χ0) is 18.9. The van der Waals surface area contributed by atoms with Gasteiger partial charge in [-0.15, -0.1) is 0 Å². The molecule has 142 valence electrons. The molecule has 1 aromatic rings. The number of fused-ring (bicyclic) bond motifs is 2. The molecule has 1 amide bonds. The number of carbonyl (C=O) groups is 2. The first-order valence-electron chi connectivity index (χ1n) is 9.38. The Morgan fingerprint density at radius 2 is 1.85 bits per heavy atom. The Bertz CT molecular complexity index is 683. The topological polar surface area (TPSA) is 55.8 Å². The van der Waals surface area contributed by atoms with Gasteiger partial charge in [-0.3, -0.25) is 4.79 Å². The minimum Gasteiger partial charge on any atom is -0.469 e. The Labute approximate surface area is 155 Å². The number of rotatable bonds is 2. The highest BCUT2D eigenvalue weighted by molar-refractivity contribution is 5.71. The minimum absolute atomic E-state index is 0.0494. The van der Waals surface area contributed by atoms with Crippen molar-refractivity contribution in [3.63, 3.8) is 0 Å². The molecule has 1 aliphatic heterocycles. The number of benzene rings is 1. The lowest BCUT2D eigenvalue weighted by Gasteiger charge is -2.40. The summed E-state index contributed by atoms with van der Waals surface area (Å²) >= 11 is 0. The highest BCUT2D eigenvalue weighted by atomic mass is 16.6. The van der Waals surface area contributed by atoms with E-state index in [1.165, 1.54) is 18.2 Å². The molecule has 2 aliphatic rings. The van der Waals surface area contributed by atoms with Crippen molar-refractivity contribution >= 4 is 12.1 Å². The molecule has 0 aromatic heterocycles. The van der Waals surface area contributed by atoms with E-state index >= 15 is 0 Å². The van der Waals surface area contributed by atoms with Crippen molar-refractivity contribution in [2.75, 3.05) is 20.2 Å². The predicted octanol–water partition coefficient (Wildman–Crippen LogP) is 4.01. The quantitative estimate of drug-likeness (QED) is 0.749. The van der Waals surface area contributed by atoms with Crippen LogP contribution in [0.15, 0.2) is 24.3 Å². The summed E-state index contributed by atoms with van der Waals surface area (Å²) in [4.78, 5) is 26.0. The SMILES string of the molecule is COC(=O)CC1CC2(CCN(C(=O)OC(C)(C)C)CC2)c2ccccc21. The number of piperidine rings is 1. The van der Waals surface area contributed by atoms with Gasteiger partial charge in [0.05, 0.1) is 13.5 Å². The molecule has 0 bridgehead atoms. The van der Waals surface area contributed by atoms with Gasteiger partial charge in [0.1, 0.15) is 5.60 Å². The maximum Gasteiger partial charge on any atom is 0.410 e. The third-order valence-corrected chi connectivity index (χ3v) is 5.62. The van der Waals surface area contributed by atoms with Gasteiger partial charge >= 0.3 is 12.1 Å². The van der Waals surface area contributed by atoms with E-state index in [4.69, 9.17) is 9.47 Å². The number of methoxy groups -OCH3 is 1. The summed E-state index contributed by atoms with van der Waals surface area (Å²) in [5.74, 6) is 0.0415. The fourth-order valence-corrected chi connectivity index (χ4v) is 4.41. The number of carbonyl (C=O) groups excluding carboxylic acids is 2. The van der Waals surface area contributed by atoms with Gasteiger partial charge in [0.15, 0.2) is 0 Å². The normalized spacial score (nSPS) is 21.4. The smallest absolute Gasteiger partial charge is 0.410 e. The summed E-state index contributed by atoms with van der Waals surface area (Å²) in [5.41, 5.74) is 2.19. The van der Waals surface area contributed by atoms with E-state index in [0.29, 0.717) is 19.5 Å². The van der Waals surface area contributed by atoms with Crippen LogP contribution in [0.4, 0.5) is 4.79 Å². The molecule has 1 atom stereocenters. The average molecular weight is 359 g/mol. The van der Waals surface area contributed by atoms with Gasteiger partial charge in [0.2, 0.25) is 0 Å². The lowest BCUT2D eigenvalue weighted by atomic mass is 9.73. The first kappa shape index (κ1) is 18.7. The number of ether oxygens (including phenoxy) is 2. The first-order valence-corrected chi connectivity index (χ1v) is 9.38. The Kier molecular flexibility index (Phi) is 5.00. The van der Waals surface area contributed by atoms with Crippen molar-refractivity contribution in [3.8, 4) is 0 Å². The van der Waals surface area contributed by atoms with E-state index in [1.54, 1.807) is 0 Å². The number of likely N-dealkylation sites (tertiary alicyclic amines) is 1.